The lowest BCUT2D eigenvalue weighted by molar-refractivity contribution is -0.137. The molecule has 2 aromatic heterocycles. The number of methoxy groups -OCH3 is 1. The molecule has 12 heteroatoms. The van der Waals surface area contributed by atoms with Crippen LogP contribution in [0.15, 0.2) is 78.2 Å². The van der Waals surface area contributed by atoms with Crippen molar-refractivity contribution in [2.45, 2.75) is 36.5 Å². The van der Waals surface area contributed by atoms with Crippen molar-refractivity contribution < 1.29 is 26.3 Å². The molecule has 0 atom stereocenters. The van der Waals surface area contributed by atoms with Crippen LogP contribution in [0.4, 0.5) is 24.7 Å². The van der Waals surface area contributed by atoms with Crippen LogP contribution in [-0.2, 0) is 22.7 Å². The Morgan fingerprint density at radius 1 is 1.08 bits per heavy atom. The van der Waals surface area contributed by atoms with E-state index in [4.69, 9.17) is 4.74 Å². The summed E-state index contributed by atoms with van der Waals surface area (Å²) in [5.41, 5.74) is 1.07. The summed E-state index contributed by atoms with van der Waals surface area (Å²) < 4.78 is 75.4. The lowest BCUT2D eigenvalue weighted by Gasteiger charge is -2.20. The van der Waals surface area contributed by atoms with Crippen LogP contribution in [-0.4, -0.2) is 41.4 Å². The highest BCUT2D eigenvalue weighted by atomic mass is 32.2. The van der Waals surface area contributed by atoms with Crippen molar-refractivity contribution in [3.8, 4) is 17.0 Å². The second kappa shape index (κ2) is 10.3. The highest BCUT2D eigenvalue weighted by Crippen LogP contribution is 2.38. The number of imidazole rings is 1. The number of benzene rings is 2. The minimum absolute atomic E-state index is 0.0217. The molecule has 1 aliphatic carbocycles. The lowest BCUT2D eigenvalue weighted by Crippen LogP contribution is -2.27. The summed E-state index contributed by atoms with van der Waals surface area (Å²) >= 11 is 0. The number of nitrogens with one attached hydrogen (secondary N) is 1. The molecule has 4 aromatic rings. The fourth-order valence-electron chi connectivity index (χ4n) is 4.15. The van der Waals surface area contributed by atoms with Gasteiger partial charge >= 0.3 is 6.18 Å². The first-order chi connectivity index (χ1) is 18.5. The summed E-state index contributed by atoms with van der Waals surface area (Å²) in [5, 5.41) is 2.86. The lowest BCUT2D eigenvalue weighted by atomic mass is 10.1. The van der Waals surface area contributed by atoms with Crippen LogP contribution in [0, 0.1) is 0 Å². The zero-order valence-electron chi connectivity index (χ0n) is 21.2. The van der Waals surface area contributed by atoms with E-state index in [1.54, 1.807) is 50.0 Å². The predicted octanol–water partition coefficient (Wildman–Crippen LogP) is 5.87. The van der Waals surface area contributed by atoms with E-state index in [-0.39, 0.29) is 17.3 Å². The van der Waals surface area contributed by atoms with Gasteiger partial charge in [-0.2, -0.15) is 17.5 Å². The van der Waals surface area contributed by atoms with Gasteiger partial charge in [-0.15, -0.1) is 0 Å². The van der Waals surface area contributed by atoms with Crippen LogP contribution in [0.2, 0.25) is 0 Å². The van der Waals surface area contributed by atoms with Crippen molar-refractivity contribution in [2.24, 2.45) is 0 Å². The fourth-order valence-corrected chi connectivity index (χ4v) is 5.48. The standard InChI is InChI=1S/C27H26F3N5O3S/c1-34(15-18-3-8-22(38-2)9-4-18)39(36,37)25-10-5-20(33-26-13-19(11-12-31-26)27(28,29)30)14-23(25)24-16-35(17-32-24)21-6-7-21/h3-5,8-14,16-17,21H,6-7,15H2,1-2H3,(H,31,33). The summed E-state index contributed by atoms with van der Waals surface area (Å²) in [5.74, 6) is 0.641. The third kappa shape index (κ3) is 5.91. The van der Waals surface area contributed by atoms with Crippen molar-refractivity contribution in [1.82, 2.24) is 18.8 Å². The smallest absolute Gasteiger partial charge is 0.416 e. The monoisotopic (exact) mass is 557 g/mol. The second-order valence-corrected chi connectivity index (χ2v) is 11.3. The average molecular weight is 558 g/mol. The summed E-state index contributed by atoms with van der Waals surface area (Å²) in [7, 11) is -0.936. The third-order valence-corrected chi connectivity index (χ3v) is 8.30. The van der Waals surface area contributed by atoms with E-state index in [2.05, 4.69) is 15.3 Å². The van der Waals surface area contributed by atoms with E-state index in [1.807, 2.05) is 4.57 Å². The number of nitrogens with zero attached hydrogens (tertiary/aromatic N) is 4. The van der Waals surface area contributed by atoms with Gasteiger partial charge in [0.05, 0.1) is 29.6 Å². The number of hydrogen-bond donors (Lipinski definition) is 1. The van der Waals surface area contributed by atoms with Crippen molar-refractivity contribution in [3.05, 3.63) is 84.4 Å². The van der Waals surface area contributed by atoms with E-state index in [1.165, 1.54) is 23.5 Å². The number of ether oxygens (including phenoxy) is 1. The molecule has 0 amide bonds. The Labute approximate surface area is 224 Å². The van der Waals surface area contributed by atoms with Gasteiger partial charge in [0, 0.05) is 43.3 Å². The van der Waals surface area contributed by atoms with Crippen molar-refractivity contribution >= 4 is 21.5 Å². The molecule has 8 nitrogen and oxygen atoms in total. The molecule has 1 aliphatic rings. The average Bonchev–Trinajstić information content (AvgIpc) is 3.65. The topological polar surface area (TPSA) is 89.4 Å². The van der Waals surface area contributed by atoms with Gasteiger partial charge in [-0.05, 0) is 60.9 Å². The SMILES string of the molecule is COc1ccc(CN(C)S(=O)(=O)c2ccc(Nc3cc(C(F)(F)F)ccn3)cc2-c2cn(C3CC3)cn2)cc1. The molecule has 39 heavy (non-hydrogen) atoms. The summed E-state index contributed by atoms with van der Waals surface area (Å²) in [4.78, 5) is 8.46. The Hall–Kier alpha value is -3.90. The van der Waals surface area contributed by atoms with E-state index < -0.39 is 21.8 Å². The first-order valence-electron chi connectivity index (χ1n) is 12.1. The molecule has 5 rings (SSSR count). The number of halogens is 3. The van der Waals surface area contributed by atoms with Gasteiger partial charge < -0.3 is 14.6 Å². The minimum Gasteiger partial charge on any atom is -0.497 e. The van der Waals surface area contributed by atoms with E-state index in [0.717, 1.165) is 36.7 Å². The van der Waals surface area contributed by atoms with Crippen molar-refractivity contribution in [2.75, 3.05) is 19.5 Å². The zero-order chi connectivity index (χ0) is 27.8. The normalized spacial score (nSPS) is 14.0. The molecule has 2 aromatic carbocycles. The van der Waals surface area contributed by atoms with Crippen LogP contribution < -0.4 is 10.1 Å². The third-order valence-electron chi connectivity index (χ3n) is 6.44. The molecule has 0 saturated heterocycles. The van der Waals surface area contributed by atoms with Gasteiger partial charge in [-0.25, -0.2) is 18.4 Å². The number of anilines is 2. The highest BCUT2D eigenvalue weighted by Gasteiger charge is 2.31. The number of alkyl halides is 3. The van der Waals surface area contributed by atoms with E-state index >= 15 is 0 Å². The van der Waals surface area contributed by atoms with Crippen LogP contribution in [0.5, 0.6) is 5.75 Å². The highest BCUT2D eigenvalue weighted by molar-refractivity contribution is 7.89. The van der Waals surface area contributed by atoms with Crippen LogP contribution >= 0.6 is 0 Å². The van der Waals surface area contributed by atoms with Crippen molar-refractivity contribution in [3.63, 3.8) is 0 Å². The molecule has 1 N–H and O–H groups in total. The van der Waals surface area contributed by atoms with Crippen molar-refractivity contribution in [1.29, 1.82) is 0 Å². The maximum atomic E-state index is 13.7. The molecule has 1 saturated carbocycles. The van der Waals surface area contributed by atoms with Gasteiger partial charge in [0.25, 0.3) is 0 Å². The molecule has 2 heterocycles. The second-order valence-electron chi connectivity index (χ2n) is 9.31. The molecule has 0 unspecified atom stereocenters. The Balaban J connectivity index is 1.50. The van der Waals surface area contributed by atoms with Crippen LogP contribution in [0.25, 0.3) is 11.3 Å². The number of pyridine rings is 1. The number of hydrogen-bond acceptors (Lipinski definition) is 6. The number of sulfonamides is 1. The molecular formula is C27H26F3N5O3S. The van der Waals surface area contributed by atoms with Gasteiger partial charge in [-0.1, -0.05) is 12.1 Å². The Morgan fingerprint density at radius 3 is 2.49 bits per heavy atom. The molecule has 0 radical (unpaired) electrons. The van der Waals surface area contributed by atoms with E-state index in [0.29, 0.717) is 28.7 Å². The summed E-state index contributed by atoms with van der Waals surface area (Å²) in [6, 6.07) is 13.7. The predicted molar refractivity (Wildman–Crippen MR) is 140 cm³/mol. The largest absolute Gasteiger partial charge is 0.497 e. The van der Waals surface area contributed by atoms with Gasteiger partial charge in [0.15, 0.2) is 0 Å². The first-order valence-corrected chi connectivity index (χ1v) is 13.6. The fraction of sp³-hybridized carbons (Fsp3) is 0.259. The molecule has 0 bridgehead atoms. The Kier molecular flexibility index (Phi) is 7.08. The maximum absolute atomic E-state index is 13.7. The van der Waals surface area contributed by atoms with Crippen LogP contribution in [0.1, 0.15) is 30.0 Å². The molecule has 1 fully saturated rings. The zero-order valence-corrected chi connectivity index (χ0v) is 22.0. The molecule has 0 spiro atoms. The number of aromatic nitrogens is 3. The Morgan fingerprint density at radius 2 is 1.82 bits per heavy atom. The maximum Gasteiger partial charge on any atom is 0.416 e. The minimum atomic E-state index is -4.52. The number of rotatable bonds is 9. The summed E-state index contributed by atoms with van der Waals surface area (Å²) in [6.07, 6.45) is 2.05. The molecule has 204 valence electrons. The first kappa shape index (κ1) is 26.7. The van der Waals surface area contributed by atoms with Crippen LogP contribution in [0.3, 0.4) is 0 Å². The van der Waals surface area contributed by atoms with Gasteiger partial charge in [-0.3, -0.25) is 0 Å². The van der Waals surface area contributed by atoms with E-state index in [9.17, 15) is 21.6 Å². The summed E-state index contributed by atoms with van der Waals surface area (Å²) in [6.45, 7) is 0.121. The molecular weight excluding hydrogens is 531 g/mol. The van der Waals surface area contributed by atoms with Gasteiger partial charge in [0.2, 0.25) is 10.0 Å². The van der Waals surface area contributed by atoms with Gasteiger partial charge in [0.1, 0.15) is 11.6 Å². The quantitative estimate of drug-likeness (QED) is 0.277. The Bertz CT molecular complexity index is 1580. The molecule has 0 aliphatic heterocycles.